The van der Waals surface area contributed by atoms with Crippen molar-refractivity contribution in [3.05, 3.63) is 45.9 Å². The van der Waals surface area contributed by atoms with Crippen LogP contribution >= 0.6 is 15.9 Å². The molecule has 0 amide bonds. The van der Waals surface area contributed by atoms with Gasteiger partial charge in [-0.2, -0.15) is 0 Å². The fourth-order valence-electron chi connectivity index (χ4n) is 2.88. The quantitative estimate of drug-likeness (QED) is 0.514. The second kappa shape index (κ2) is 10.5. The number of benzene rings is 2. The first-order chi connectivity index (χ1) is 13.7. The summed E-state index contributed by atoms with van der Waals surface area (Å²) in [5.74, 6) is 2.89. The monoisotopic (exact) mass is 451 g/mol. The van der Waals surface area contributed by atoms with Crippen molar-refractivity contribution in [2.75, 3.05) is 33.7 Å². The van der Waals surface area contributed by atoms with Gasteiger partial charge in [0.1, 0.15) is 6.61 Å². The number of fused-ring (bicyclic) bond motifs is 1. The van der Waals surface area contributed by atoms with Gasteiger partial charge in [0.05, 0.1) is 11.6 Å². The number of halogens is 1. The molecule has 28 heavy (non-hydrogen) atoms. The number of hydrogen-bond donors (Lipinski definition) is 1. The zero-order valence-corrected chi connectivity index (χ0v) is 17.8. The van der Waals surface area contributed by atoms with Crippen LogP contribution in [0.4, 0.5) is 0 Å². The van der Waals surface area contributed by atoms with Crippen LogP contribution in [0.5, 0.6) is 23.0 Å². The summed E-state index contributed by atoms with van der Waals surface area (Å²) in [6, 6.07) is 9.84. The Morgan fingerprint density at radius 2 is 1.96 bits per heavy atom. The maximum atomic E-state index is 6.02. The van der Waals surface area contributed by atoms with E-state index in [1.54, 1.807) is 7.11 Å². The van der Waals surface area contributed by atoms with E-state index in [9.17, 15) is 0 Å². The molecule has 0 atom stereocenters. The van der Waals surface area contributed by atoms with Crippen molar-refractivity contribution in [1.29, 1.82) is 0 Å². The van der Waals surface area contributed by atoms with Crippen molar-refractivity contribution >= 4 is 15.9 Å². The van der Waals surface area contributed by atoms with Crippen molar-refractivity contribution in [2.45, 2.75) is 26.5 Å². The maximum Gasteiger partial charge on any atom is 0.231 e. The van der Waals surface area contributed by atoms with Crippen LogP contribution in [-0.4, -0.2) is 33.7 Å². The van der Waals surface area contributed by atoms with Gasteiger partial charge >= 0.3 is 0 Å². The standard InChI is InChI=1S/C21H26BrNO5/c1-3-25-8-4-7-23-12-16-9-17(22)21(20(11-16)24-2)26-13-15-5-6-18-19(10-15)28-14-27-18/h5-6,9-11,23H,3-4,7-8,12-14H2,1-2H3. The van der Waals surface area contributed by atoms with E-state index < -0.39 is 0 Å². The number of methoxy groups -OCH3 is 1. The molecule has 1 aliphatic rings. The van der Waals surface area contributed by atoms with Gasteiger partial charge in [0.15, 0.2) is 23.0 Å². The molecular formula is C21H26BrNO5. The first-order valence-corrected chi connectivity index (χ1v) is 10.2. The average Bonchev–Trinajstić information content (AvgIpc) is 3.17. The third kappa shape index (κ3) is 5.53. The van der Waals surface area contributed by atoms with E-state index in [-0.39, 0.29) is 6.79 Å². The zero-order valence-electron chi connectivity index (χ0n) is 16.3. The van der Waals surface area contributed by atoms with Crippen LogP contribution in [0.3, 0.4) is 0 Å². The van der Waals surface area contributed by atoms with Gasteiger partial charge < -0.3 is 29.0 Å². The van der Waals surface area contributed by atoms with Gasteiger partial charge in [0, 0.05) is 19.8 Å². The molecule has 1 heterocycles. The van der Waals surface area contributed by atoms with Gasteiger partial charge in [-0.15, -0.1) is 0 Å². The largest absolute Gasteiger partial charge is 0.493 e. The third-order valence-corrected chi connectivity index (χ3v) is 4.87. The van der Waals surface area contributed by atoms with Crippen LogP contribution in [0.2, 0.25) is 0 Å². The Kier molecular flexibility index (Phi) is 7.82. The number of nitrogens with one attached hydrogen (secondary N) is 1. The van der Waals surface area contributed by atoms with E-state index >= 15 is 0 Å². The number of rotatable bonds is 11. The zero-order chi connectivity index (χ0) is 19.8. The number of ether oxygens (including phenoxy) is 5. The second-order valence-corrected chi connectivity index (χ2v) is 7.17. The summed E-state index contributed by atoms with van der Waals surface area (Å²) in [6.07, 6.45) is 0.989. The minimum Gasteiger partial charge on any atom is -0.493 e. The van der Waals surface area contributed by atoms with E-state index in [0.717, 1.165) is 59.8 Å². The van der Waals surface area contributed by atoms with E-state index in [0.29, 0.717) is 18.1 Å². The Labute approximate surface area is 174 Å². The molecule has 0 spiro atoms. The van der Waals surface area contributed by atoms with Crippen LogP contribution in [0.1, 0.15) is 24.5 Å². The van der Waals surface area contributed by atoms with Crippen molar-refractivity contribution in [3.63, 3.8) is 0 Å². The molecule has 1 N–H and O–H groups in total. The van der Waals surface area contributed by atoms with Crippen molar-refractivity contribution in [3.8, 4) is 23.0 Å². The van der Waals surface area contributed by atoms with Gasteiger partial charge in [-0.05, 0) is 71.2 Å². The van der Waals surface area contributed by atoms with Crippen LogP contribution in [0.15, 0.2) is 34.8 Å². The molecule has 1 aliphatic heterocycles. The lowest BCUT2D eigenvalue weighted by Gasteiger charge is -2.15. The lowest BCUT2D eigenvalue weighted by Crippen LogP contribution is -2.16. The molecule has 0 bridgehead atoms. The summed E-state index contributed by atoms with van der Waals surface area (Å²) < 4.78 is 28.5. The Bertz CT molecular complexity index is 784. The lowest BCUT2D eigenvalue weighted by atomic mass is 10.2. The molecule has 0 aromatic heterocycles. The second-order valence-electron chi connectivity index (χ2n) is 6.31. The van der Waals surface area contributed by atoms with Crippen LogP contribution in [-0.2, 0) is 17.9 Å². The predicted octanol–water partition coefficient (Wildman–Crippen LogP) is 4.28. The summed E-state index contributed by atoms with van der Waals surface area (Å²) in [4.78, 5) is 0. The third-order valence-electron chi connectivity index (χ3n) is 4.28. The summed E-state index contributed by atoms with van der Waals surface area (Å²) >= 11 is 3.61. The minimum absolute atomic E-state index is 0.264. The summed E-state index contributed by atoms with van der Waals surface area (Å²) in [6.45, 7) is 5.88. The fraction of sp³-hybridized carbons (Fsp3) is 0.429. The SMILES string of the molecule is CCOCCCNCc1cc(Br)c(OCc2ccc3c(c2)OCO3)c(OC)c1. The highest BCUT2D eigenvalue weighted by molar-refractivity contribution is 9.10. The Morgan fingerprint density at radius 3 is 2.79 bits per heavy atom. The van der Waals surface area contributed by atoms with Crippen molar-refractivity contribution in [1.82, 2.24) is 5.32 Å². The molecule has 0 radical (unpaired) electrons. The molecule has 6 nitrogen and oxygen atoms in total. The molecule has 0 unspecified atom stereocenters. The van der Waals surface area contributed by atoms with Crippen LogP contribution in [0, 0.1) is 0 Å². The molecule has 0 saturated heterocycles. The highest BCUT2D eigenvalue weighted by atomic mass is 79.9. The van der Waals surface area contributed by atoms with Gasteiger partial charge in [-0.25, -0.2) is 0 Å². The van der Waals surface area contributed by atoms with Crippen LogP contribution in [0.25, 0.3) is 0 Å². The van der Waals surface area contributed by atoms with Gasteiger partial charge in [-0.1, -0.05) is 6.07 Å². The summed E-state index contributed by atoms with van der Waals surface area (Å²) in [5, 5.41) is 3.42. The van der Waals surface area contributed by atoms with E-state index in [1.165, 1.54) is 0 Å². The Balaban J connectivity index is 1.58. The first-order valence-electron chi connectivity index (χ1n) is 9.37. The smallest absolute Gasteiger partial charge is 0.231 e. The highest BCUT2D eigenvalue weighted by Gasteiger charge is 2.15. The molecule has 7 heteroatoms. The van der Waals surface area contributed by atoms with Crippen LogP contribution < -0.4 is 24.3 Å². The Morgan fingerprint density at radius 1 is 1.11 bits per heavy atom. The average molecular weight is 452 g/mol. The Hall–Kier alpha value is -1.96. The number of hydrogen-bond acceptors (Lipinski definition) is 6. The van der Waals surface area contributed by atoms with Gasteiger partial charge in [-0.3, -0.25) is 0 Å². The van der Waals surface area contributed by atoms with E-state index in [2.05, 4.69) is 21.2 Å². The first kappa shape index (κ1) is 20.8. The normalized spacial score (nSPS) is 12.2. The van der Waals surface area contributed by atoms with Gasteiger partial charge in [0.25, 0.3) is 0 Å². The summed E-state index contributed by atoms with van der Waals surface area (Å²) in [5.41, 5.74) is 2.12. The topological polar surface area (TPSA) is 58.2 Å². The molecule has 0 fully saturated rings. The molecule has 2 aromatic carbocycles. The molecule has 0 saturated carbocycles. The molecular weight excluding hydrogens is 426 g/mol. The van der Waals surface area contributed by atoms with E-state index in [1.807, 2.05) is 37.3 Å². The molecule has 2 aromatic rings. The van der Waals surface area contributed by atoms with Crippen molar-refractivity contribution in [2.24, 2.45) is 0 Å². The molecule has 3 rings (SSSR count). The van der Waals surface area contributed by atoms with Gasteiger partial charge in [0.2, 0.25) is 6.79 Å². The van der Waals surface area contributed by atoms with Crippen molar-refractivity contribution < 1.29 is 23.7 Å². The van der Waals surface area contributed by atoms with E-state index in [4.69, 9.17) is 23.7 Å². The maximum absolute atomic E-state index is 6.02. The molecule has 152 valence electrons. The summed E-state index contributed by atoms with van der Waals surface area (Å²) in [7, 11) is 1.65. The fourth-order valence-corrected chi connectivity index (χ4v) is 3.48. The lowest BCUT2D eigenvalue weighted by molar-refractivity contribution is 0.144. The predicted molar refractivity (Wildman–Crippen MR) is 110 cm³/mol. The molecule has 0 aliphatic carbocycles. The highest BCUT2D eigenvalue weighted by Crippen LogP contribution is 2.38. The minimum atomic E-state index is 0.264.